The Morgan fingerprint density at radius 3 is 2.62 bits per heavy atom. The van der Waals surface area contributed by atoms with Crippen molar-refractivity contribution < 1.29 is 14.6 Å². The van der Waals surface area contributed by atoms with Gasteiger partial charge in [-0.15, -0.1) is 0 Å². The van der Waals surface area contributed by atoms with E-state index in [0.717, 1.165) is 42.3 Å². The Kier molecular flexibility index (Phi) is 7.73. The summed E-state index contributed by atoms with van der Waals surface area (Å²) in [5, 5.41) is 10.6. The number of hydrogen-bond acceptors (Lipinski definition) is 3. The summed E-state index contributed by atoms with van der Waals surface area (Å²) in [5.74, 6) is 4.98. The molecule has 0 aromatic carbocycles. The lowest BCUT2D eigenvalue weighted by molar-refractivity contribution is -0.143. The van der Waals surface area contributed by atoms with E-state index in [2.05, 4.69) is 40.7 Å². The highest BCUT2D eigenvalue weighted by molar-refractivity contribution is 5.71. The third kappa shape index (κ3) is 4.56. The van der Waals surface area contributed by atoms with Crippen molar-refractivity contribution in [2.24, 2.45) is 46.3 Å². The van der Waals surface area contributed by atoms with Gasteiger partial charge < -0.3 is 9.84 Å². The molecule has 0 aromatic rings. The lowest BCUT2D eigenvalue weighted by atomic mass is 9.47. The molecule has 8 atom stereocenters. The van der Waals surface area contributed by atoms with Crippen LogP contribution in [0.5, 0.6) is 0 Å². The number of esters is 1. The fourth-order valence-corrected chi connectivity index (χ4v) is 8.87. The van der Waals surface area contributed by atoms with Gasteiger partial charge in [0.15, 0.2) is 0 Å². The van der Waals surface area contributed by atoms with E-state index in [9.17, 15) is 9.90 Å². The summed E-state index contributed by atoms with van der Waals surface area (Å²) in [6.07, 6.45) is 16.1. The number of ether oxygens (including phenoxy) is 1. The molecule has 0 aromatic heterocycles. The van der Waals surface area contributed by atoms with E-state index < -0.39 is 6.10 Å². The van der Waals surface area contributed by atoms with Gasteiger partial charge in [-0.05, 0) is 98.9 Å². The molecule has 0 aliphatic heterocycles. The van der Waals surface area contributed by atoms with Gasteiger partial charge in [0.1, 0.15) is 5.76 Å². The maximum atomic E-state index is 12.5. The Balaban J connectivity index is 1.55. The van der Waals surface area contributed by atoms with Crippen LogP contribution in [-0.4, -0.2) is 17.2 Å². The summed E-state index contributed by atoms with van der Waals surface area (Å²) in [5.41, 5.74) is 1.51. The zero-order valence-electron chi connectivity index (χ0n) is 22.7. The zero-order chi connectivity index (χ0) is 24.7. The molecule has 0 bridgehead atoms. The lowest BCUT2D eigenvalue weighted by Crippen LogP contribution is -2.51. The highest BCUT2D eigenvalue weighted by atomic mass is 16.5. The second-order valence-corrected chi connectivity index (χ2v) is 13.1. The van der Waals surface area contributed by atoms with Crippen LogP contribution in [-0.2, 0) is 9.53 Å². The van der Waals surface area contributed by atoms with Crippen LogP contribution in [0.3, 0.4) is 0 Å². The van der Waals surface area contributed by atoms with Gasteiger partial charge in [0.25, 0.3) is 0 Å². The van der Waals surface area contributed by atoms with Gasteiger partial charge in [-0.25, -0.2) is 0 Å². The first-order valence-electron chi connectivity index (χ1n) is 14.4. The number of allylic oxidation sites excluding steroid dienone is 2. The van der Waals surface area contributed by atoms with E-state index in [1.54, 1.807) is 0 Å². The minimum Gasteiger partial charge on any atom is -0.430 e. The number of carbonyl (C=O) groups excluding carboxylic acids is 1. The van der Waals surface area contributed by atoms with E-state index >= 15 is 0 Å². The molecule has 4 aliphatic carbocycles. The summed E-state index contributed by atoms with van der Waals surface area (Å²) in [6, 6.07) is 0. The van der Waals surface area contributed by atoms with Crippen LogP contribution < -0.4 is 0 Å². The van der Waals surface area contributed by atoms with Crippen LogP contribution >= 0.6 is 0 Å². The molecule has 3 heteroatoms. The van der Waals surface area contributed by atoms with E-state index in [1.165, 1.54) is 50.5 Å². The summed E-state index contributed by atoms with van der Waals surface area (Å²) in [7, 11) is 0. The molecule has 1 N–H and O–H groups in total. The second-order valence-electron chi connectivity index (χ2n) is 13.1. The van der Waals surface area contributed by atoms with Crippen molar-refractivity contribution in [2.75, 3.05) is 0 Å². The van der Waals surface area contributed by atoms with Crippen LogP contribution in [0.4, 0.5) is 0 Å². The third-order valence-electron chi connectivity index (χ3n) is 10.6. The van der Waals surface area contributed by atoms with Gasteiger partial charge in [-0.1, -0.05) is 65.5 Å². The number of rotatable bonds is 8. The Morgan fingerprint density at radius 2 is 1.91 bits per heavy atom. The van der Waals surface area contributed by atoms with E-state index in [1.807, 2.05) is 13.0 Å². The van der Waals surface area contributed by atoms with Crippen molar-refractivity contribution in [2.45, 2.75) is 118 Å². The van der Waals surface area contributed by atoms with Gasteiger partial charge in [-0.3, -0.25) is 4.79 Å². The number of fused-ring (bicyclic) bond motifs is 5. The molecule has 192 valence electrons. The average Bonchev–Trinajstić information content (AvgIpc) is 3.12. The summed E-state index contributed by atoms with van der Waals surface area (Å²) in [4.78, 5) is 12.5. The molecule has 0 heterocycles. The smallest absolute Gasteiger partial charge is 0.310 e. The van der Waals surface area contributed by atoms with Crippen molar-refractivity contribution in [3.05, 3.63) is 23.5 Å². The Morgan fingerprint density at radius 1 is 1.15 bits per heavy atom. The van der Waals surface area contributed by atoms with Crippen molar-refractivity contribution in [1.29, 1.82) is 0 Å². The van der Waals surface area contributed by atoms with Gasteiger partial charge >= 0.3 is 5.97 Å². The van der Waals surface area contributed by atoms with Gasteiger partial charge in [0.2, 0.25) is 0 Å². The summed E-state index contributed by atoms with van der Waals surface area (Å²) >= 11 is 0. The molecule has 4 rings (SSSR count). The Labute approximate surface area is 208 Å². The van der Waals surface area contributed by atoms with Crippen LogP contribution in [0, 0.1) is 46.3 Å². The molecule has 34 heavy (non-hydrogen) atoms. The highest BCUT2D eigenvalue weighted by Gasteiger charge is 2.60. The highest BCUT2D eigenvalue weighted by Crippen LogP contribution is 2.67. The molecule has 2 saturated carbocycles. The molecule has 0 amide bonds. The predicted octanol–water partition coefficient (Wildman–Crippen LogP) is 7.84. The SMILES string of the molecule is CCCC(=O)OC1=C[C@@H](O)CC2=CC[C@@H]3[C@H](CC[C@]4(C)[C@@H]([C@H](C)CCCC(C)C)CC[C@@H]34)[C@]21C. The second kappa shape index (κ2) is 10.1. The van der Waals surface area contributed by atoms with Gasteiger partial charge in [-0.2, -0.15) is 0 Å². The molecule has 4 aliphatic rings. The first kappa shape index (κ1) is 26.0. The largest absolute Gasteiger partial charge is 0.430 e. The quantitative estimate of drug-likeness (QED) is 0.290. The minimum atomic E-state index is -0.545. The molecule has 3 nitrogen and oxygen atoms in total. The van der Waals surface area contributed by atoms with Crippen LogP contribution in [0.15, 0.2) is 23.5 Å². The molecule has 0 unspecified atom stereocenters. The number of carbonyl (C=O) groups is 1. The van der Waals surface area contributed by atoms with E-state index in [4.69, 9.17) is 4.74 Å². The van der Waals surface area contributed by atoms with Crippen molar-refractivity contribution in [1.82, 2.24) is 0 Å². The number of aliphatic hydroxyl groups is 1. The molecule has 0 spiro atoms. The van der Waals surface area contributed by atoms with E-state index in [-0.39, 0.29) is 11.4 Å². The predicted molar refractivity (Wildman–Crippen MR) is 139 cm³/mol. The summed E-state index contributed by atoms with van der Waals surface area (Å²) < 4.78 is 6.00. The Hall–Kier alpha value is -1.09. The maximum absolute atomic E-state index is 12.5. The monoisotopic (exact) mass is 470 g/mol. The number of aliphatic hydroxyl groups excluding tert-OH is 1. The van der Waals surface area contributed by atoms with Crippen molar-refractivity contribution in [3.63, 3.8) is 0 Å². The first-order chi connectivity index (χ1) is 16.1. The van der Waals surface area contributed by atoms with Crippen LogP contribution in [0.1, 0.15) is 112 Å². The zero-order valence-corrected chi connectivity index (χ0v) is 22.7. The Bertz CT molecular complexity index is 809. The minimum absolute atomic E-state index is 0.151. The summed E-state index contributed by atoms with van der Waals surface area (Å²) in [6.45, 7) is 14.2. The molecule has 0 radical (unpaired) electrons. The third-order valence-corrected chi connectivity index (χ3v) is 10.6. The lowest BCUT2D eigenvalue weighted by Gasteiger charge is -2.58. The first-order valence-corrected chi connectivity index (χ1v) is 14.4. The average molecular weight is 471 g/mol. The molecular formula is C31H50O3. The van der Waals surface area contributed by atoms with Gasteiger partial charge in [0.05, 0.1) is 6.10 Å². The van der Waals surface area contributed by atoms with Crippen molar-refractivity contribution >= 4 is 5.97 Å². The standard InChI is InChI=1S/C31H50O3/c1-7-9-29(33)34-28-19-23(32)18-22-12-13-24-26-15-14-25(21(4)11-8-10-20(2)3)30(26,5)17-16-27(24)31(22,28)6/h12,19-21,23-27,32H,7-11,13-18H2,1-6H3/t21-,23+,24+,25-,26+,27+,30-,31+/m1/s1. The van der Waals surface area contributed by atoms with Gasteiger partial charge in [0, 0.05) is 11.8 Å². The van der Waals surface area contributed by atoms with Crippen LogP contribution in [0.25, 0.3) is 0 Å². The topological polar surface area (TPSA) is 46.5 Å². The number of hydrogen-bond donors (Lipinski definition) is 1. The maximum Gasteiger partial charge on any atom is 0.310 e. The fraction of sp³-hybridized carbons (Fsp3) is 0.839. The van der Waals surface area contributed by atoms with E-state index in [0.29, 0.717) is 30.1 Å². The normalized spacial score (nSPS) is 40.1. The van der Waals surface area contributed by atoms with Crippen molar-refractivity contribution in [3.8, 4) is 0 Å². The molecule has 0 saturated heterocycles. The fourth-order valence-electron chi connectivity index (χ4n) is 8.87. The van der Waals surface area contributed by atoms with Crippen LogP contribution in [0.2, 0.25) is 0 Å². The molecular weight excluding hydrogens is 420 g/mol. The molecule has 2 fully saturated rings.